The van der Waals surface area contributed by atoms with Gasteiger partial charge in [-0.2, -0.15) is 0 Å². The summed E-state index contributed by atoms with van der Waals surface area (Å²) in [4.78, 5) is 0. The van der Waals surface area contributed by atoms with Crippen LogP contribution in [0.3, 0.4) is 0 Å². The van der Waals surface area contributed by atoms with Crippen molar-refractivity contribution in [1.29, 1.82) is 0 Å². The van der Waals surface area contributed by atoms with Gasteiger partial charge in [0.05, 0.1) is 0 Å². The highest BCUT2D eigenvalue weighted by atomic mass is 79.9. The fraction of sp³-hybridized carbons (Fsp3) is 0.538. The molecule has 1 unspecified atom stereocenters. The van der Waals surface area contributed by atoms with E-state index in [-0.39, 0.29) is 11.2 Å². The van der Waals surface area contributed by atoms with Crippen LogP contribution in [0.2, 0.25) is 0 Å². The molecule has 0 aliphatic heterocycles. The fourth-order valence-electron chi connectivity index (χ4n) is 1.61. The Morgan fingerprint density at radius 2 is 2.06 bits per heavy atom. The maximum atomic E-state index is 13.0. The smallest absolute Gasteiger partial charge is 0.124 e. The highest BCUT2D eigenvalue weighted by Crippen LogP contribution is 2.32. The van der Waals surface area contributed by atoms with E-state index in [1.807, 2.05) is 6.07 Å². The van der Waals surface area contributed by atoms with Gasteiger partial charge in [0.2, 0.25) is 0 Å². The number of halogens is 2. The van der Waals surface area contributed by atoms with Gasteiger partial charge in [-0.05, 0) is 42.0 Å². The van der Waals surface area contributed by atoms with Crippen LogP contribution in [0.4, 0.5) is 4.39 Å². The zero-order chi connectivity index (χ0) is 12.3. The van der Waals surface area contributed by atoms with Crippen molar-refractivity contribution >= 4 is 15.9 Å². The fourth-order valence-corrected chi connectivity index (χ4v) is 2.10. The molecule has 0 saturated carbocycles. The Hall–Kier alpha value is -0.410. The van der Waals surface area contributed by atoms with Crippen molar-refractivity contribution < 1.29 is 4.39 Å². The van der Waals surface area contributed by atoms with E-state index in [4.69, 9.17) is 5.73 Å². The summed E-state index contributed by atoms with van der Waals surface area (Å²) >= 11 is 3.40. The topological polar surface area (TPSA) is 26.0 Å². The molecule has 0 amide bonds. The molecule has 16 heavy (non-hydrogen) atoms. The molecule has 1 nitrogen and oxygen atoms in total. The Morgan fingerprint density at radius 3 is 2.50 bits per heavy atom. The van der Waals surface area contributed by atoms with E-state index in [0.717, 1.165) is 16.5 Å². The number of rotatable bonds is 4. The van der Waals surface area contributed by atoms with Crippen molar-refractivity contribution in [2.75, 3.05) is 6.54 Å². The molecule has 1 rings (SSSR count). The van der Waals surface area contributed by atoms with Gasteiger partial charge in [0, 0.05) is 4.47 Å². The second-order valence-corrected chi connectivity index (χ2v) is 5.78. The minimum Gasteiger partial charge on any atom is -0.330 e. The second kappa shape index (κ2) is 5.28. The van der Waals surface area contributed by atoms with Crippen molar-refractivity contribution in [1.82, 2.24) is 0 Å². The third-order valence-corrected chi connectivity index (χ3v) is 4.21. The molecule has 1 atom stereocenters. The van der Waals surface area contributed by atoms with Crippen molar-refractivity contribution in [3.05, 3.63) is 34.1 Å². The van der Waals surface area contributed by atoms with Gasteiger partial charge in [-0.1, -0.05) is 42.8 Å². The lowest BCUT2D eigenvalue weighted by Crippen LogP contribution is -2.34. The molecule has 0 saturated heterocycles. The lowest BCUT2D eigenvalue weighted by atomic mass is 9.74. The molecule has 1 aromatic carbocycles. The molecule has 0 aliphatic rings. The Bertz CT molecular complexity index is 365. The summed E-state index contributed by atoms with van der Waals surface area (Å²) in [5.41, 5.74) is 7.02. The average Bonchev–Trinajstić information content (AvgIpc) is 2.22. The number of nitrogens with two attached hydrogens (primary N) is 1. The predicted octanol–water partition coefficient (Wildman–Crippen LogP) is 3.75. The van der Waals surface area contributed by atoms with Crippen molar-refractivity contribution in [2.45, 2.75) is 27.2 Å². The largest absolute Gasteiger partial charge is 0.330 e. The predicted molar refractivity (Wildman–Crippen MR) is 69.8 cm³/mol. The molecular weight excluding hydrogens is 269 g/mol. The first-order valence-electron chi connectivity index (χ1n) is 5.53. The van der Waals surface area contributed by atoms with Gasteiger partial charge in [0.25, 0.3) is 0 Å². The summed E-state index contributed by atoms with van der Waals surface area (Å²) in [5.74, 6) is 0.282. The minimum atomic E-state index is -0.213. The van der Waals surface area contributed by atoms with Gasteiger partial charge < -0.3 is 5.73 Å². The first-order valence-corrected chi connectivity index (χ1v) is 6.32. The van der Waals surface area contributed by atoms with Crippen LogP contribution in [-0.2, 0) is 6.42 Å². The second-order valence-electron chi connectivity index (χ2n) is 4.93. The molecule has 0 heterocycles. The molecular formula is C13H19BrFN. The first-order chi connectivity index (χ1) is 7.39. The quantitative estimate of drug-likeness (QED) is 0.897. The molecule has 90 valence electrons. The molecule has 0 bridgehead atoms. The van der Waals surface area contributed by atoms with E-state index >= 15 is 0 Å². The van der Waals surface area contributed by atoms with Gasteiger partial charge in [-0.25, -0.2) is 4.39 Å². The Labute approximate surface area is 105 Å². The van der Waals surface area contributed by atoms with E-state index in [9.17, 15) is 4.39 Å². The number of hydrogen-bond acceptors (Lipinski definition) is 1. The van der Waals surface area contributed by atoms with Crippen LogP contribution in [0, 0.1) is 17.2 Å². The van der Waals surface area contributed by atoms with Gasteiger partial charge in [-0.3, -0.25) is 0 Å². The zero-order valence-corrected chi connectivity index (χ0v) is 11.6. The zero-order valence-electron chi connectivity index (χ0n) is 10.1. The van der Waals surface area contributed by atoms with Gasteiger partial charge in [0.1, 0.15) is 5.82 Å². The van der Waals surface area contributed by atoms with Crippen molar-refractivity contribution in [3.63, 3.8) is 0 Å². The summed E-state index contributed by atoms with van der Waals surface area (Å²) in [6.07, 6.45) is 0.863. The molecule has 1 aromatic rings. The molecule has 0 spiro atoms. The summed E-state index contributed by atoms with van der Waals surface area (Å²) in [6.45, 7) is 7.15. The van der Waals surface area contributed by atoms with Gasteiger partial charge in [0.15, 0.2) is 0 Å². The molecule has 0 fully saturated rings. The van der Waals surface area contributed by atoms with Crippen LogP contribution < -0.4 is 5.73 Å². The number of benzene rings is 1. The maximum Gasteiger partial charge on any atom is 0.124 e. The standard InChI is InChI=1S/C13H19BrFN/c1-9(2)13(3,8-16)7-10-4-5-11(15)6-12(10)14/h4-6,9H,7-8,16H2,1-3H3. The normalized spacial score (nSPS) is 15.2. The lowest BCUT2D eigenvalue weighted by molar-refractivity contribution is 0.227. The van der Waals surface area contributed by atoms with E-state index in [1.54, 1.807) is 0 Å². The van der Waals surface area contributed by atoms with E-state index in [1.165, 1.54) is 12.1 Å². The summed E-state index contributed by atoms with van der Waals surface area (Å²) in [5, 5.41) is 0. The molecule has 0 aliphatic carbocycles. The van der Waals surface area contributed by atoms with Crippen molar-refractivity contribution in [3.8, 4) is 0 Å². The maximum absolute atomic E-state index is 13.0. The van der Waals surface area contributed by atoms with E-state index in [0.29, 0.717) is 12.5 Å². The van der Waals surface area contributed by atoms with Crippen LogP contribution in [-0.4, -0.2) is 6.54 Å². The van der Waals surface area contributed by atoms with Crippen LogP contribution in [0.15, 0.2) is 22.7 Å². The Kier molecular flexibility index (Phi) is 4.51. The highest BCUT2D eigenvalue weighted by Gasteiger charge is 2.27. The SMILES string of the molecule is CC(C)C(C)(CN)Cc1ccc(F)cc1Br. The minimum absolute atomic E-state index is 0.0559. The molecule has 2 N–H and O–H groups in total. The van der Waals surface area contributed by atoms with Crippen LogP contribution in [0.25, 0.3) is 0 Å². The van der Waals surface area contributed by atoms with E-state index < -0.39 is 0 Å². The summed E-state index contributed by atoms with van der Waals surface area (Å²) in [7, 11) is 0. The lowest BCUT2D eigenvalue weighted by Gasteiger charge is -2.33. The molecule has 3 heteroatoms. The molecule has 0 radical (unpaired) electrons. The Morgan fingerprint density at radius 1 is 1.44 bits per heavy atom. The summed E-state index contributed by atoms with van der Waals surface area (Å²) in [6, 6.07) is 4.83. The highest BCUT2D eigenvalue weighted by molar-refractivity contribution is 9.10. The molecule has 0 aromatic heterocycles. The van der Waals surface area contributed by atoms with Crippen molar-refractivity contribution in [2.24, 2.45) is 17.1 Å². The third-order valence-electron chi connectivity index (χ3n) is 3.47. The number of hydrogen-bond donors (Lipinski definition) is 1. The first kappa shape index (κ1) is 13.7. The van der Waals surface area contributed by atoms with Crippen LogP contribution >= 0.6 is 15.9 Å². The van der Waals surface area contributed by atoms with Crippen LogP contribution in [0.5, 0.6) is 0 Å². The van der Waals surface area contributed by atoms with E-state index in [2.05, 4.69) is 36.7 Å². The van der Waals surface area contributed by atoms with Gasteiger partial charge in [-0.15, -0.1) is 0 Å². The third kappa shape index (κ3) is 3.05. The monoisotopic (exact) mass is 287 g/mol. The summed E-state index contributed by atoms with van der Waals surface area (Å²) < 4.78 is 13.8. The average molecular weight is 288 g/mol. The Balaban J connectivity index is 2.95. The van der Waals surface area contributed by atoms with Crippen LogP contribution in [0.1, 0.15) is 26.3 Å². The van der Waals surface area contributed by atoms with Gasteiger partial charge >= 0.3 is 0 Å².